The molecule has 0 aliphatic heterocycles. The Hall–Kier alpha value is -2.03. The second-order valence-electron chi connectivity index (χ2n) is 7.08. The highest BCUT2D eigenvalue weighted by Crippen LogP contribution is 2.30. The summed E-state index contributed by atoms with van der Waals surface area (Å²) in [7, 11) is -3.63. The maximum atomic E-state index is 12.7. The number of amides is 1. The number of carbonyl (C=O) groups excluding carboxylic acids is 1. The predicted octanol–water partition coefficient (Wildman–Crippen LogP) is 5.69. The number of hydrogen-bond donors (Lipinski definition) is 1. The van der Waals surface area contributed by atoms with Gasteiger partial charge in [0.15, 0.2) is 0 Å². The van der Waals surface area contributed by atoms with Gasteiger partial charge in [-0.2, -0.15) is 4.31 Å². The van der Waals surface area contributed by atoms with Crippen LogP contribution in [0.2, 0.25) is 10.0 Å². The zero-order valence-electron chi connectivity index (χ0n) is 17.3. The van der Waals surface area contributed by atoms with Crippen LogP contribution in [0, 0.1) is 0 Å². The summed E-state index contributed by atoms with van der Waals surface area (Å²) in [4.78, 5) is 13.6. The van der Waals surface area contributed by atoms with Gasteiger partial charge >= 0.3 is 0 Å². The number of nitrogens with zero attached hydrogens (tertiary/aromatic N) is 1. The van der Waals surface area contributed by atoms with E-state index in [-0.39, 0.29) is 13.1 Å². The van der Waals surface area contributed by atoms with E-state index in [1.54, 1.807) is 42.1 Å². The lowest BCUT2D eigenvalue weighted by atomic mass is 10.2. The highest BCUT2D eigenvalue weighted by atomic mass is 35.5. The second-order valence-corrected chi connectivity index (χ2v) is 10.9. The van der Waals surface area contributed by atoms with E-state index in [0.717, 1.165) is 21.0 Å². The van der Waals surface area contributed by atoms with Crippen molar-refractivity contribution in [2.75, 3.05) is 18.1 Å². The van der Waals surface area contributed by atoms with Crippen LogP contribution in [0.3, 0.4) is 0 Å². The average molecular weight is 509 g/mol. The van der Waals surface area contributed by atoms with Crippen LogP contribution >= 0.6 is 35.0 Å². The van der Waals surface area contributed by atoms with Gasteiger partial charge in [-0.25, -0.2) is 8.42 Å². The molecule has 3 rings (SSSR count). The van der Waals surface area contributed by atoms with Gasteiger partial charge in [-0.3, -0.25) is 4.79 Å². The number of carbonyl (C=O) groups is 1. The molecule has 1 amide bonds. The Kier molecular flexibility index (Phi) is 8.62. The third-order valence-electron chi connectivity index (χ3n) is 4.56. The molecule has 0 atom stereocenters. The Morgan fingerprint density at radius 2 is 1.62 bits per heavy atom. The first-order chi connectivity index (χ1) is 15.2. The van der Waals surface area contributed by atoms with Gasteiger partial charge in [-0.15, -0.1) is 11.8 Å². The van der Waals surface area contributed by atoms with Crippen molar-refractivity contribution in [2.24, 2.45) is 0 Å². The van der Waals surface area contributed by atoms with Crippen molar-refractivity contribution in [2.45, 2.75) is 17.2 Å². The van der Waals surface area contributed by atoms with Gasteiger partial charge in [0.05, 0.1) is 18.5 Å². The Balaban J connectivity index is 1.69. The van der Waals surface area contributed by atoms with Gasteiger partial charge in [0.1, 0.15) is 0 Å². The molecule has 168 valence electrons. The number of nitrogens with one attached hydrogen (secondary N) is 1. The first-order valence-corrected chi connectivity index (χ1v) is 13.3. The highest BCUT2D eigenvalue weighted by Gasteiger charge is 2.22. The van der Waals surface area contributed by atoms with E-state index >= 15 is 0 Å². The van der Waals surface area contributed by atoms with Crippen LogP contribution in [0.5, 0.6) is 0 Å². The van der Waals surface area contributed by atoms with E-state index in [1.807, 2.05) is 42.5 Å². The maximum absolute atomic E-state index is 12.7. The van der Waals surface area contributed by atoms with Crippen LogP contribution in [0.15, 0.2) is 77.7 Å². The minimum Gasteiger partial charge on any atom is -0.324 e. The molecule has 0 spiro atoms. The lowest BCUT2D eigenvalue weighted by Crippen LogP contribution is -2.37. The number of halogens is 2. The Labute approximate surface area is 202 Å². The van der Waals surface area contributed by atoms with E-state index in [0.29, 0.717) is 27.0 Å². The van der Waals surface area contributed by atoms with Crippen molar-refractivity contribution in [1.29, 1.82) is 0 Å². The van der Waals surface area contributed by atoms with Crippen molar-refractivity contribution in [3.8, 4) is 0 Å². The summed E-state index contributed by atoms with van der Waals surface area (Å²) < 4.78 is 25.7. The van der Waals surface area contributed by atoms with Crippen LogP contribution in [0.25, 0.3) is 0 Å². The minimum absolute atomic E-state index is 0.0128. The third kappa shape index (κ3) is 7.25. The molecule has 5 nitrogen and oxygen atoms in total. The molecule has 3 aromatic carbocycles. The van der Waals surface area contributed by atoms with E-state index < -0.39 is 15.9 Å². The summed E-state index contributed by atoms with van der Waals surface area (Å²) in [6.07, 6.45) is 1.08. The van der Waals surface area contributed by atoms with Gasteiger partial charge in [0, 0.05) is 27.2 Å². The molecule has 0 aliphatic rings. The quantitative estimate of drug-likeness (QED) is 0.377. The summed E-state index contributed by atoms with van der Waals surface area (Å²) in [5.74, 6) is 0.272. The molecule has 0 bridgehead atoms. The molecule has 0 saturated heterocycles. The van der Waals surface area contributed by atoms with E-state index in [2.05, 4.69) is 5.32 Å². The molecule has 0 aromatic heterocycles. The number of rotatable bonds is 9. The number of hydrogen-bond acceptors (Lipinski definition) is 4. The van der Waals surface area contributed by atoms with Crippen molar-refractivity contribution in [1.82, 2.24) is 4.31 Å². The van der Waals surface area contributed by atoms with Gasteiger partial charge in [0.25, 0.3) is 0 Å². The molecule has 0 unspecified atom stereocenters. The number of anilines is 1. The fraction of sp³-hybridized carbons (Fsp3) is 0.174. The van der Waals surface area contributed by atoms with Crippen LogP contribution in [-0.4, -0.2) is 31.4 Å². The molecule has 9 heteroatoms. The van der Waals surface area contributed by atoms with Gasteiger partial charge < -0.3 is 5.32 Å². The van der Waals surface area contributed by atoms with Crippen LogP contribution in [0.1, 0.15) is 11.1 Å². The first kappa shape index (κ1) is 24.6. The van der Waals surface area contributed by atoms with E-state index in [9.17, 15) is 13.2 Å². The number of benzene rings is 3. The molecule has 1 N–H and O–H groups in total. The smallest absolute Gasteiger partial charge is 0.239 e. The largest absolute Gasteiger partial charge is 0.324 e. The van der Waals surface area contributed by atoms with Crippen molar-refractivity contribution >= 4 is 56.6 Å². The molecule has 0 fully saturated rings. The van der Waals surface area contributed by atoms with Gasteiger partial charge in [-0.05, 0) is 41.5 Å². The van der Waals surface area contributed by atoms with Crippen molar-refractivity contribution in [3.05, 3.63) is 94.0 Å². The SMILES string of the molecule is CS(=O)(=O)N(CC(=O)Nc1ccccc1SCc1ccc(Cl)cc1)Cc1ccccc1Cl. The van der Waals surface area contributed by atoms with Crippen molar-refractivity contribution < 1.29 is 13.2 Å². The van der Waals surface area contributed by atoms with Gasteiger partial charge in [0.2, 0.25) is 15.9 Å². The minimum atomic E-state index is -3.63. The van der Waals surface area contributed by atoms with E-state index in [4.69, 9.17) is 23.2 Å². The highest BCUT2D eigenvalue weighted by molar-refractivity contribution is 7.98. The Bertz CT molecular complexity index is 1190. The third-order valence-corrected chi connectivity index (χ3v) is 7.52. The van der Waals surface area contributed by atoms with Crippen LogP contribution in [-0.2, 0) is 27.1 Å². The number of sulfonamides is 1. The molecular weight excluding hydrogens is 487 g/mol. The second kappa shape index (κ2) is 11.2. The molecule has 0 heterocycles. The number of thioether (sulfide) groups is 1. The fourth-order valence-corrected chi connectivity index (χ4v) is 4.91. The fourth-order valence-electron chi connectivity index (χ4n) is 2.89. The summed E-state index contributed by atoms with van der Waals surface area (Å²) in [6.45, 7) is -0.306. The Morgan fingerprint density at radius 1 is 0.969 bits per heavy atom. The monoisotopic (exact) mass is 508 g/mol. The zero-order chi connectivity index (χ0) is 23.1. The van der Waals surface area contributed by atoms with Crippen molar-refractivity contribution in [3.63, 3.8) is 0 Å². The predicted molar refractivity (Wildman–Crippen MR) is 133 cm³/mol. The average Bonchev–Trinajstić information content (AvgIpc) is 2.74. The number of para-hydroxylation sites is 1. The molecule has 32 heavy (non-hydrogen) atoms. The topological polar surface area (TPSA) is 66.5 Å². The molecule has 0 saturated carbocycles. The molecule has 0 aliphatic carbocycles. The first-order valence-electron chi connectivity index (χ1n) is 9.67. The Morgan fingerprint density at radius 3 is 2.31 bits per heavy atom. The lowest BCUT2D eigenvalue weighted by molar-refractivity contribution is -0.116. The molecule has 3 aromatic rings. The van der Waals surface area contributed by atoms with E-state index in [1.165, 1.54) is 0 Å². The molecular formula is C23H22Cl2N2O3S2. The zero-order valence-corrected chi connectivity index (χ0v) is 20.4. The lowest BCUT2D eigenvalue weighted by Gasteiger charge is -2.20. The van der Waals surface area contributed by atoms with Crippen LogP contribution in [0.4, 0.5) is 5.69 Å². The van der Waals surface area contributed by atoms with Crippen LogP contribution < -0.4 is 5.32 Å². The summed E-state index contributed by atoms with van der Waals surface area (Å²) in [5, 5.41) is 3.97. The maximum Gasteiger partial charge on any atom is 0.239 e. The standard InChI is InChI=1S/C23H22Cl2N2O3S2/c1-32(29,30)27(14-18-6-2-3-7-20(18)25)15-23(28)26-21-8-4-5-9-22(21)31-16-17-10-12-19(24)13-11-17/h2-13H,14-16H2,1H3,(H,26,28). The summed E-state index contributed by atoms with van der Waals surface area (Å²) >= 11 is 13.7. The van der Waals surface area contributed by atoms with Gasteiger partial charge in [-0.1, -0.05) is 65.7 Å². The molecule has 0 radical (unpaired) electrons. The summed E-state index contributed by atoms with van der Waals surface area (Å²) in [6, 6.07) is 22.0. The summed E-state index contributed by atoms with van der Waals surface area (Å²) in [5.41, 5.74) is 2.36. The normalized spacial score (nSPS) is 11.5.